The molecule has 1 unspecified atom stereocenters. The van der Waals surface area contributed by atoms with Gasteiger partial charge in [-0.15, -0.1) is 0 Å². The van der Waals surface area contributed by atoms with Gasteiger partial charge in [0.15, 0.2) is 0 Å². The van der Waals surface area contributed by atoms with Gasteiger partial charge >= 0.3 is 0 Å². The van der Waals surface area contributed by atoms with Crippen LogP contribution in [0, 0.1) is 17.6 Å². The fourth-order valence-corrected chi connectivity index (χ4v) is 4.07. The summed E-state index contributed by atoms with van der Waals surface area (Å²) in [5.74, 6) is -1.60. The van der Waals surface area contributed by atoms with E-state index in [0.717, 1.165) is 24.6 Å². The number of hydrogen-bond donors (Lipinski definition) is 0. The third kappa shape index (κ3) is 3.78. The monoisotopic (exact) mass is 319 g/mol. The van der Waals surface area contributed by atoms with Crippen molar-refractivity contribution in [3.63, 3.8) is 0 Å². The van der Waals surface area contributed by atoms with Crippen LogP contribution in [0.15, 0.2) is 23.1 Å². The lowest BCUT2D eigenvalue weighted by atomic mass is 10.1. The second kappa shape index (κ2) is 6.81. The zero-order valence-corrected chi connectivity index (χ0v) is 12.7. The number of hydrogen-bond acceptors (Lipinski definition) is 3. The van der Waals surface area contributed by atoms with E-state index in [1.807, 2.05) is 6.92 Å². The highest BCUT2D eigenvalue weighted by Gasteiger charge is 2.30. The highest BCUT2D eigenvalue weighted by molar-refractivity contribution is 7.89. The van der Waals surface area contributed by atoms with Crippen molar-refractivity contribution in [1.82, 2.24) is 4.31 Å². The molecule has 118 valence electrons. The molecule has 0 amide bonds. The minimum absolute atomic E-state index is 0.0999. The molecule has 0 aliphatic carbocycles. The molecule has 0 saturated carbocycles. The first-order chi connectivity index (χ1) is 9.95. The van der Waals surface area contributed by atoms with Crippen molar-refractivity contribution in [2.24, 2.45) is 5.92 Å². The van der Waals surface area contributed by atoms with Crippen molar-refractivity contribution in [3.05, 3.63) is 29.8 Å². The molecule has 21 heavy (non-hydrogen) atoms. The Morgan fingerprint density at radius 3 is 2.76 bits per heavy atom. The molecule has 2 rings (SSSR count). The molecule has 0 spiro atoms. The zero-order valence-electron chi connectivity index (χ0n) is 11.9. The minimum atomic E-state index is -4.04. The normalized spacial score (nSPS) is 19.3. The van der Waals surface area contributed by atoms with Crippen LogP contribution in [0.2, 0.25) is 0 Å². The van der Waals surface area contributed by atoms with Crippen molar-refractivity contribution < 1.29 is 21.9 Å². The highest BCUT2D eigenvalue weighted by atomic mass is 32.2. The zero-order chi connectivity index (χ0) is 15.5. The van der Waals surface area contributed by atoms with E-state index in [9.17, 15) is 17.2 Å². The summed E-state index contributed by atoms with van der Waals surface area (Å²) in [5.41, 5.74) is 0. The number of nitrogens with zero attached hydrogens (tertiary/aromatic N) is 1. The second-order valence-corrected chi connectivity index (χ2v) is 7.07. The van der Waals surface area contributed by atoms with E-state index in [2.05, 4.69) is 0 Å². The number of sulfonamides is 1. The summed E-state index contributed by atoms with van der Waals surface area (Å²) >= 11 is 0. The van der Waals surface area contributed by atoms with E-state index in [1.54, 1.807) is 0 Å². The van der Waals surface area contributed by atoms with Crippen LogP contribution < -0.4 is 0 Å². The van der Waals surface area contributed by atoms with Crippen LogP contribution in [-0.4, -0.2) is 39.0 Å². The predicted octanol–water partition coefficient (Wildman–Crippen LogP) is 2.40. The van der Waals surface area contributed by atoms with Gasteiger partial charge in [-0.25, -0.2) is 17.2 Å². The van der Waals surface area contributed by atoms with Crippen LogP contribution >= 0.6 is 0 Å². The van der Waals surface area contributed by atoms with Gasteiger partial charge in [-0.2, -0.15) is 4.31 Å². The molecular weight excluding hydrogens is 300 g/mol. The highest BCUT2D eigenvalue weighted by Crippen LogP contribution is 2.23. The average molecular weight is 319 g/mol. The van der Waals surface area contributed by atoms with Crippen molar-refractivity contribution in [3.8, 4) is 0 Å². The Morgan fingerprint density at radius 1 is 1.38 bits per heavy atom. The van der Waals surface area contributed by atoms with Gasteiger partial charge in [-0.1, -0.05) is 6.92 Å². The first-order valence-corrected chi connectivity index (χ1v) is 8.42. The van der Waals surface area contributed by atoms with E-state index in [1.165, 1.54) is 4.31 Å². The maximum Gasteiger partial charge on any atom is 0.246 e. The van der Waals surface area contributed by atoms with Crippen LogP contribution in [0.5, 0.6) is 0 Å². The van der Waals surface area contributed by atoms with E-state index in [0.29, 0.717) is 19.6 Å². The summed E-state index contributed by atoms with van der Waals surface area (Å²) in [4.78, 5) is -0.602. The molecule has 1 atom stereocenters. The minimum Gasteiger partial charge on any atom is -0.381 e. The molecule has 0 radical (unpaired) electrons. The van der Waals surface area contributed by atoms with E-state index >= 15 is 0 Å². The number of rotatable bonds is 6. The third-order valence-electron chi connectivity index (χ3n) is 3.47. The van der Waals surface area contributed by atoms with Crippen molar-refractivity contribution in [2.75, 3.05) is 26.3 Å². The maximum absolute atomic E-state index is 13.8. The first kappa shape index (κ1) is 16.3. The quantitative estimate of drug-likeness (QED) is 0.809. The number of halogens is 2. The fourth-order valence-electron chi connectivity index (χ4n) is 2.39. The van der Waals surface area contributed by atoms with Gasteiger partial charge in [0.2, 0.25) is 10.0 Å². The average Bonchev–Trinajstić information content (AvgIpc) is 2.94. The van der Waals surface area contributed by atoms with Gasteiger partial charge < -0.3 is 4.74 Å². The lowest BCUT2D eigenvalue weighted by Crippen LogP contribution is -2.36. The molecule has 1 fully saturated rings. The molecule has 1 aliphatic rings. The van der Waals surface area contributed by atoms with Gasteiger partial charge in [-0.3, -0.25) is 0 Å². The molecule has 1 aromatic carbocycles. The summed E-state index contributed by atoms with van der Waals surface area (Å²) in [6.45, 7) is 3.50. The maximum atomic E-state index is 13.8. The van der Waals surface area contributed by atoms with Crippen LogP contribution in [0.3, 0.4) is 0 Å². The summed E-state index contributed by atoms with van der Waals surface area (Å²) < 4.78 is 58.6. The van der Waals surface area contributed by atoms with Crippen molar-refractivity contribution in [1.29, 1.82) is 0 Å². The third-order valence-corrected chi connectivity index (χ3v) is 5.35. The largest absolute Gasteiger partial charge is 0.381 e. The molecule has 7 heteroatoms. The molecule has 1 aromatic rings. The molecule has 4 nitrogen and oxygen atoms in total. The van der Waals surface area contributed by atoms with E-state index in [4.69, 9.17) is 4.74 Å². The second-order valence-electron chi connectivity index (χ2n) is 5.17. The Bertz CT molecular complexity index is 586. The standard InChI is InChI=1S/C14H19F2NO3S/c1-2-6-17(9-11-5-7-20-10-11)21(18,19)14-8-12(15)3-4-13(14)16/h3-4,8,11H,2,5-7,9-10H2,1H3. The summed E-state index contributed by atoms with van der Waals surface area (Å²) in [7, 11) is -4.04. The van der Waals surface area contributed by atoms with Crippen LogP contribution in [0.4, 0.5) is 8.78 Å². The van der Waals surface area contributed by atoms with Gasteiger partial charge in [0.05, 0.1) is 6.61 Å². The summed E-state index contributed by atoms with van der Waals surface area (Å²) in [6.07, 6.45) is 1.38. The van der Waals surface area contributed by atoms with Crippen LogP contribution in [0.25, 0.3) is 0 Å². The lowest BCUT2D eigenvalue weighted by Gasteiger charge is -2.24. The molecule has 1 aliphatic heterocycles. The summed E-state index contributed by atoms with van der Waals surface area (Å²) in [6, 6.07) is 2.48. The lowest BCUT2D eigenvalue weighted by molar-refractivity contribution is 0.180. The Balaban J connectivity index is 2.29. The number of benzene rings is 1. The molecule has 0 bridgehead atoms. The van der Waals surface area contributed by atoms with Gasteiger partial charge in [0.25, 0.3) is 0 Å². The Kier molecular flexibility index (Phi) is 5.29. The van der Waals surface area contributed by atoms with Crippen LogP contribution in [-0.2, 0) is 14.8 Å². The Morgan fingerprint density at radius 2 is 2.14 bits per heavy atom. The molecular formula is C14H19F2NO3S. The first-order valence-electron chi connectivity index (χ1n) is 6.98. The van der Waals surface area contributed by atoms with Crippen molar-refractivity contribution >= 4 is 10.0 Å². The SMILES string of the molecule is CCCN(CC1CCOC1)S(=O)(=O)c1cc(F)ccc1F. The topological polar surface area (TPSA) is 46.6 Å². The summed E-state index contributed by atoms with van der Waals surface area (Å²) in [5, 5.41) is 0. The van der Waals surface area contributed by atoms with Gasteiger partial charge in [0.1, 0.15) is 16.5 Å². The molecule has 0 N–H and O–H groups in total. The predicted molar refractivity (Wildman–Crippen MR) is 74.3 cm³/mol. The Hall–Kier alpha value is -1.05. The van der Waals surface area contributed by atoms with E-state index < -0.39 is 26.6 Å². The van der Waals surface area contributed by atoms with Gasteiger partial charge in [0, 0.05) is 19.7 Å². The van der Waals surface area contributed by atoms with Gasteiger partial charge in [-0.05, 0) is 37.0 Å². The Labute approximate surface area is 123 Å². The smallest absolute Gasteiger partial charge is 0.246 e. The molecule has 0 aromatic heterocycles. The number of ether oxygens (including phenoxy) is 1. The van der Waals surface area contributed by atoms with Crippen LogP contribution in [0.1, 0.15) is 19.8 Å². The molecule has 1 heterocycles. The van der Waals surface area contributed by atoms with E-state index in [-0.39, 0.29) is 19.0 Å². The molecule has 1 saturated heterocycles. The fraction of sp³-hybridized carbons (Fsp3) is 0.571. The van der Waals surface area contributed by atoms with Crippen molar-refractivity contribution in [2.45, 2.75) is 24.7 Å².